The van der Waals surface area contributed by atoms with Crippen LogP contribution < -0.4 is 10.6 Å². The number of carbonyl (C=O) groups excluding carboxylic acids is 1. The molecule has 1 aromatic carbocycles. The van der Waals surface area contributed by atoms with Crippen LogP contribution in [-0.4, -0.2) is 30.5 Å². The molecule has 4 bridgehead atoms. The number of alkyl halides is 6. The molecule has 0 atom stereocenters. The van der Waals surface area contributed by atoms with Gasteiger partial charge in [0.25, 0.3) is 11.6 Å². The molecule has 10 heteroatoms. The summed E-state index contributed by atoms with van der Waals surface area (Å²) in [6, 6.07) is 4.59. The third kappa shape index (κ3) is 4.34. The summed E-state index contributed by atoms with van der Waals surface area (Å²) in [7, 11) is 0. The maximum absolute atomic E-state index is 13.9. The zero-order chi connectivity index (χ0) is 23.4. The lowest BCUT2D eigenvalue weighted by Gasteiger charge is -2.57. The normalized spacial score (nSPS) is 29.9. The fraction of sp³-hybridized carbons (Fsp3) is 0.682. The fourth-order valence-corrected chi connectivity index (χ4v) is 6.63. The average Bonchev–Trinajstić information content (AvgIpc) is 2.64. The molecule has 4 saturated carbocycles. The summed E-state index contributed by atoms with van der Waals surface area (Å²) in [6.07, 6.45) is -5.41. The Hall–Kier alpha value is -1.48. The fourth-order valence-electron chi connectivity index (χ4n) is 6.50. The Kier molecular flexibility index (Phi) is 5.98. The van der Waals surface area contributed by atoms with Crippen molar-refractivity contribution >= 4 is 17.5 Å². The summed E-state index contributed by atoms with van der Waals surface area (Å²) >= 11 is 5.69. The van der Waals surface area contributed by atoms with E-state index >= 15 is 0 Å². The van der Waals surface area contributed by atoms with Crippen LogP contribution in [0.2, 0.25) is 5.02 Å². The summed E-state index contributed by atoms with van der Waals surface area (Å²) < 4.78 is 83.3. The van der Waals surface area contributed by atoms with Crippen LogP contribution >= 0.6 is 11.6 Å². The molecule has 4 aliphatic carbocycles. The van der Waals surface area contributed by atoms with Gasteiger partial charge in [-0.15, -0.1) is 0 Å². The summed E-state index contributed by atoms with van der Waals surface area (Å²) in [5, 5.41) is 3.11. The lowest BCUT2D eigenvalue weighted by Crippen LogP contribution is -2.75. The minimum atomic E-state index is -5.80. The third-order valence-electron chi connectivity index (χ3n) is 7.47. The molecular weight excluding hydrogens is 458 g/mol. The smallest absolute Gasteiger partial charge is 0.319 e. The number of rotatable bonds is 6. The second-order valence-corrected chi connectivity index (χ2v) is 10.2. The van der Waals surface area contributed by atoms with Crippen molar-refractivity contribution in [1.29, 1.82) is 0 Å². The molecule has 4 fully saturated rings. The maximum Gasteiger partial charge on any atom is 0.434 e. The molecule has 32 heavy (non-hydrogen) atoms. The maximum atomic E-state index is 13.9. The summed E-state index contributed by atoms with van der Waals surface area (Å²) in [4.78, 5) is 12.4. The highest BCUT2D eigenvalue weighted by molar-refractivity contribution is 6.30. The van der Waals surface area contributed by atoms with Crippen molar-refractivity contribution in [2.75, 3.05) is 6.54 Å². The molecule has 4 aliphatic rings. The SMILES string of the molecule is O=C(NC(NCCC12CC3CC(CC(C3)C1)C2)(C(F)(F)F)C(F)(F)F)c1ccc(Cl)cc1. The Bertz CT molecular complexity index is 802. The highest BCUT2D eigenvalue weighted by Gasteiger charge is 2.72. The highest BCUT2D eigenvalue weighted by atomic mass is 35.5. The van der Waals surface area contributed by atoms with E-state index in [2.05, 4.69) is 0 Å². The van der Waals surface area contributed by atoms with Crippen LogP contribution in [0, 0.1) is 23.2 Å². The number of hydrogen-bond donors (Lipinski definition) is 2. The van der Waals surface area contributed by atoms with Gasteiger partial charge in [0.2, 0.25) is 0 Å². The Balaban J connectivity index is 1.53. The van der Waals surface area contributed by atoms with Crippen molar-refractivity contribution in [1.82, 2.24) is 10.6 Å². The van der Waals surface area contributed by atoms with Crippen molar-refractivity contribution in [2.45, 2.75) is 63.0 Å². The molecule has 0 aliphatic heterocycles. The molecule has 0 radical (unpaired) electrons. The quantitative estimate of drug-likeness (QED) is 0.381. The number of amides is 1. The predicted molar refractivity (Wildman–Crippen MR) is 107 cm³/mol. The molecule has 5 rings (SSSR count). The van der Waals surface area contributed by atoms with Crippen molar-refractivity contribution in [3.05, 3.63) is 34.9 Å². The first-order valence-electron chi connectivity index (χ1n) is 10.8. The molecule has 0 saturated heterocycles. The molecule has 178 valence electrons. The molecule has 1 amide bonds. The van der Waals surface area contributed by atoms with Crippen LogP contribution in [0.15, 0.2) is 24.3 Å². The summed E-state index contributed by atoms with van der Waals surface area (Å²) in [6.45, 7) is -0.494. The van der Waals surface area contributed by atoms with Crippen LogP contribution in [-0.2, 0) is 0 Å². The molecule has 0 heterocycles. The molecule has 0 spiro atoms. The number of benzene rings is 1. The van der Waals surface area contributed by atoms with Crippen molar-refractivity contribution in [2.24, 2.45) is 23.2 Å². The number of halogens is 7. The highest BCUT2D eigenvalue weighted by Crippen LogP contribution is 2.61. The van der Waals surface area contributed by atoms with Crippen LogP contribution in [0.4, 0.5) is 26.3 Å². The first-order valence-corrected chi connectivity index (χ1v) is 11.2. The van der Waals surface area contributed by atoms with E-state index in [1.54, 1.807) is 5.32 Å². The van der Waals surface area contributed by atoms with Gasteiger partial charge in [-0.25, -0.2) is 0 Å². The van der Waals surface area contributed by atoms with Gasteiger partial charge >= 0.3 is 12.4 Å². The Labute approximate surface area is 187 Å². The average molecular weight is 483 g/mol. The van der Waals surface area contributed by atoms with Gasteiger partial charge < -0.3 is 5.32 Å². The van der Waals surface area contributed by atoms with Gasteiger partial charge in [0.05, 0.1) is 0 Å². The Morgan fingerprint density at radius 3 is 1.81 bits per heavy atom. The van der Waals surface area contributed by atoms with Gasteiger partial charge in [-0.1, -0.05) is 11.6 Å². The molecule has 3 nitrogen and oxygen atoms in total. The second-order valence-electron chi connectivity index (χ2n) is 9.80. The molecule has 1 aromatic rings. The van der Waals surface area contributed by atoms with E-state index in [-0.39, 0.29) is 22.4 Å². The zero-order valence-corrected chi connectivity index (χ0v) is 18.0. The first kappa shape index (κ1) is 23.7. The van der Waals surface area contributed by atoms with E-state index in [1.807, 2.05) is 0 Å². The van der Waals surface area contributed by atoms with Crippen molar-refractivity contribution in [3.63, 3.8) is 0 Å². The number of carbonyl (C=O) groups is 1. The van der Waals surface area contributed by atoms with Gasteiger partial charge in [-0.3, -0.25) is 10.1 Å². The molecule has 2 N–H and O–H groups in total. The summed E-state index contributed by atoms with van der Waals surface area (Å²) in [5.41, 5.74) is -5.10. The molecule has 0 unspecified atom stereocenters. The van der Waals surface area contributed by atoms with E-state index in [0.29, 0.717) is 17.8 Å². The first-order chi connectivity index (χ1) is 14.8. The largest absolute Gasteiger partial charge is 0.434 e. The molecule has 0 aromatic heterocycles. The monoisotopic (exact) mass is 482 g/mol. The lowest BCUT2D eigenvalue weighted by atomic mass is 9.49. The van der Waals surface area contributed by atoms with E-state index < -0.39 is 30.5 Å². The minimum absolute atomic E-state index is 0.202. The van der Waals surface area contributed by atoms with E-state index in [9.17, 15) is 31.1 Å². The zero-order valence-electron chi connectivity index (χ0n) is 17.3. The predicted octanol–water partition coefficient (Wildman–Crippen LogP) is 6.09. The van der Waals surface area contributed by atoms with Crippen molar-refractivity contribution in [3.8, 4) is 0 Å². The Morgan fingerprint density at radius 1 is 0.906 bits per heavy atom. The lowest BCUT2D eigenvalue weighted by molar-refractivity contribution is -0.314. The standard InChI is InChI=1S/C22H25ClF6N2O/c23-17-3-1-16(2-4-17)18(32)31-20(21(24,25)26,22(27,28)29)30-6-5-19-10-13-7-14(11-19)9-15(8-13)12-19/h1-4,13-15,30H,5-12H2,(H,31,32). The van der Waals surface area contributed by atoms with Crippen LogP contribution in [0.3, 0.4) is 0 Å². The molecular formula is C22H25ClF6N2O. The van der Waals surface area contributed by atoms with Crippen LogP contribution in [0.5, 0.6) is 0 Å². The van der Waals surface area contributed by atoms with Gasteiger partial charge in [0.1, 0.15) is 0 Å². The van der Waals surface area contributed by atoms with Gasteiger partial charge in [0, 0.05) is 10.6 Å². The van der Waals surface area contributed by atoms with Crippen LogP contribution in [0.1, 0.15) is 55.3 Å². The van der Waals surface area contributed by atoms with Gasteiger partial charge in [-0.05, 0) is 98.9 Å². The minimum Gasteiger partial charge on any atom is -0.319 e. The summed E-state index contributed by atoms with van der Waals surface area (Å²) in [5.74, 6) is 0.0983. The number of nitrogens with one attached hydrogen (secondary N) is 2. The van der Waals surface area contributed by atoms with E-state index in [0.717, 1.165) is 50.7 Å². The van der Waals surface area contributed by atoms with Gasteiger partial charge in [-0.2, -0.15) is 26.3 Å². The van der Waals surface area contributed by atoms with E-state index in [4.69, 9.17) is 11.6 Å². The second kappa shape index (κ2) is 8.08. The topological polar surface area (TPSA) is 41.1 Å². The van der Waals surface area contributed by atoms with Crippen molar-refractivity contribution < 1.29 is 31.1 Å². The Morgan fingerprint density at radius 2 is 1.38 bits per heavy atom. The number of hydrogen-bond acceptors (Lipinski definition) is 2. The third-order valence-corrected chi connectivity index (χ3v) is 7.72. The van der Waals surface area contributed by atoms with E-state index in [1.165, 1.54) is 17.4 Å². The van der Waals surface area contributed by atoms with Crippen LogP contribution in [0.25, 0.3) is 0 Å². The van der Waals surface area contributed by atoms with Gasteiger partial charge in [0.15, 0.2) is 0 Å².